The second-order valence-electron chi connectivity index (χ2n) is 4.29. The monoisotopic (exact) mass is 226 g/mol. The van der Waals surface area contributed by atoms with Gasteiger partial charge in [0.1, 0.15) is 0 Å². The van der Waals surface area contributed by atoms with Gasteiger partial charge in [-0.1, -0.05) is 0 Å². The Morgan fingerprint density at radius 1 is 1.31 bits per heavy atom. The van der Waals surface area contributed by atoms with E-state index >= 15 is 0 Å². The maximum atomic E-state index is 11.5. The molecule has 0 spiro atoms. The summed E-state index contributed by atoms with van der Waals surface area (Å²) in [4.78, 5) is 13.6. The molecule has 1 heterocycles. The molecular weight excluding hydrogens is 204 g/mol. The van der Waals surface area contributed by atoms with Gasteiger partial charge in [0.15, 0.2) is 0 Å². The van der Waals surface area contributed by atoms with Crippen molar-refractivity contribution in [1.29, 1.82) is 0 Å². The van der Waals surface area contributed by atoms with Crippen molar-refractivity contribution in [2.45, 2.75) is 13.0 Å². The van der Waals surface area contributed by atoms with Gasteiger partial charge in [-0.05, 0) is 33.6 Å². The molecule has 92 valence electrons. The lowest BCUT2D eigenvalue weighted by Gasteiger charge is -2.09. The quantitative estimate of drug-likeness (QED) is 0.651. The molecular formula is C11H22N4O. The molecule has 0 amide bonds. The summed E-state index contributed by atoms with van der Waals surface area (Å²) in [5.41, 5.74) is 0.0510. The van der Waals surface area contributed by atoms with Crippen LogP contribution in [0.15, 0.2) is 17.2 Å². The van der Waals surface area contributed by atoms with Crippen molar-refractivity contribution in [2.75, 3.05) is 33.7 Å². The summed E-state index contributed by atoms with van der Waals surface area (Å²) >= 11 is 0. The van der Waals surface area contributed by atoms with Gasteiger partial charge in [-0.3, -0.25) is 4.57 Å². The lowest BCUT2D eigenvalue weighted by molar-refractivity contribution is 0.393. The molecule has 5 nitrogen and oxygen atoms in total. The third-order valence-electron chi connectivity index (χ3n) is 2.51. The molecule has 1 rings (SSSR count). The zero-order chi connectivity index (χ0) is 12.0. The molecule has 0 unspecified atom stereocenters. The molecule has 0 aliphatic carbocycles. The van der Waals surface area contributed by atoms with Crippen molar-refractivity contribution in [3.05, 3.63) is 22.9 Å². The van der Waals surface area contributed by atoms with E-state index in [4.69, 9.17) is 0 Å². The van der Waals surface area contributed by atoms with Crippen LogP contribution in [-0.2, 0) is 13.6 Å². The highest BCUT2D eigenvalue weighted by Gasteiger charge is 1.98. The normalized spacial score (nSPS) is 11.2. The highest BCUT2D eigenvalue weighted by atomic mass is 16.1. The van der Waals surface area contributed by atoms with E-state index in [0.717, 1.165) is 32.6 Å². The van der Waals surface area contributed by atoms with Gasteiger partial charge in [0.25, 0.3) is 0 Å². The second-order valence-corrected chi connectivity index (χ2v) is 4.29. The minimum atomic E-state index is 0.0510. The van der Waals surface area contributed by atoms with E-state index in [-0.39, 0.29) is 5.69 Å². The maximum Gasteiger partial charge on any atom is 0.327 e. The topological polar surface area (TPSA) is 42.2 Å². The SMILES string of the molecule is CN(C)CCCNCCn1ccn(C)c1=O. The average molecular weight is 226 g/mol. The largest absolute Gasteiger partial charge is 0.327 e. The number of rotatable bonds is 7. The molecule has 5 heteroatoms. The van der Waals surface area contributed by atoms with E-state index in [1.807, 2.05) is 6.20 Å². The Morgan fingerprint density at radius 2 is 2.06 bits per heavy atom. The summed E-state index contributed by atoms with van der Waals surface area (Å²) < 4.78 is 3.31. The number of hydrogen-bond acceptors (Lipinski definition) is 3. The van der Waals surface area contributed by atoms with E-state index in [1.165, 1.54) is 0 Å². The van der Waals surface area contributed by atoms with E-state index in [2.05, 4.69) is 24.3 Å². The number of nitrogens with zero attached hydrogens (tertiary/aromatic N) is 3. The Morgan fingerprint density at radius 3 is 2.62 bits per heavy atom. The van der Waals surface area contributed by atoms with Crippen molar-refractivity contribution in [3.63, 3.8) is 0 Å². The number of aryl methyl sites for hydroxylation is 1. The Labute approximate surface area is 96.7 Å². The fourth-order valence-corrected chi connectivity index (χ4v) is 1.53. The molecule has 16 heavy (non-hydrogen) atoms. The third-order valence-corrected chi connectivity index (χ3v) is 2.51. The van der Waals surface area contributed by atoms with Gasteiger partial charge < -0.3 is 14.8 Å². The standard InChI is InChI=1S/C11H22N4O/c1-13(2)7-4-5-12-6-8-15-10-9-14(3)11(15)16/h9-10,12H,4-8H2,1-3H3. The van der Waals surface area contributed by atoms with Gasteiger partial charge in [-0.25, -0.2) is 4.79 Å². The molecule has 0 aliphatic rings. The van der Waals surface area contributed by atoms with Gasteiger partial charge in [-0.2, -0.15) is 0 Å². The average Bonchev–Trinajstić information content (AvgIpc) is 2.54. The fourth-order valence-electron chi connectivity index (χ4n) is 1.53. The number of nitrogens with one attached hydrogen (secondary N) is 1. The highest BCUT2D eigenvalue weighted by molar-refractivity contribution is 4.79. The summed E-state index contributed by atoms with van der Waals surface area (Å²) in [6.45, 7) is 3.68. The van der Waals surface area contributed by atoms with Crippen molar-refractivity contribution in [3.8, 4) is 0 Å². The van der Waals surface area contributed by atoms with E-state index in [1.54, 1.807) is 22.4 Å². The first kappa shape index (κ1) is 13.0. The minimum Gasteiger partial charge on any atom is -0.315 e. The van der Waals surface area contributed by atoms with E-state index in [9.17, 15) is 4.79 Å². The van der Waals surface area contributed by atoms with Crippen LogP contribution in [0, 0.1) is 0 Å². The lowest BCUT2D eigenvalue weighted by atomic mass is 10.4. The molecule has 0 atom stereocenters. The first-order valence-corrected chi connectivity index (χ1v) is 5.68. The predicted molar refractivity (Wildman–Crippen MR) is 65.7 cm³/mol. The van der Waals surface area contributed by atoms with Gasteiger partial charge in [0.2, 0.25) is 0 Å². The Balaban J connectivity index is 2.12. The third kappa shape index (κ3) is 4.20. The summed E-state index contributed by atoms with van der Waals surface area (Å²) in [6.07, 6.45) is 4.74. The second kappa shape index (κ2) is 6.50. The molecule has 0 saturated heterocycles. The van der Waals surface area contributed by atoms with Gasteiger partial charge in [0, 0.05) is 32.5 Å². The van der Waals surface area contributed by atoms with Gasteiger partial charge in [0.05, 0.1) is 0 Å². The van der Waals surface area contributed by atoms with Crippen molar-refractivity contribution < 1.29 is 0 Å². The van der Waals surface area contributed by atoms with Crippen molar-refractivity contribution >= 4 is 0 Å². The summed E-state index contributed by atoms with van der Waals surface area (Å²) in [5.74, 6) is 0. The predicted octanol–water partition coefficient (Wildman–Crippen LogP) is -0.272. The van der Waals surface area contributed by atoms with Crippen LogP contribution in [0.25, 0.3) is 0 Å². The van der Waals surface area contributed by atoms with Crippen LogP contribution in [0.4, 0.5) is 0 Å². The van der Waals surface area contributed by atoms with E-state index in [0.29, 0.717) is 0 Å². The van der Waals surface area contributed by atoms with Gasteiger partial charge in [-0.15, -0.1) is 0 Å². The molecule has 1 aromatic rings. The van der Waals surface area contributed by atoms with Crippen molar-refractivity contribution in [1.82, 2.24) is 19.4 Å². The molecule has 1 aromatic heterocycles. The molecule has 0 bridgehead atoms. The first-order valence-electron chi connectivity index (χ1n) is 5.68. The van der Waals surface area contributed by atoms with Crippen LogP contribution < -0.4 is 11.0 Å². The summed E-state index contributed by atoms with van der Waals surface area (Å²) in [7, 11) is 5.91. The van der Waals surface area contributed by atoms with E-state index < -0.39 is 0 Å². The van der Waals surface area contributed by atoms with Crippen LogP contribution in [0.3, 0.4) is 0 Å². The lowest BCUT2D eigenvalue weighted by Crippen LogP contribution is -2.29. The molecule has 0 fully saturated rings. The van der Waals surface area contributed by atoms with Crippen LogP contribution in [0.5, 0.6) is 0 Å². The zero-order valence-electron chi connectivity index (χ0n) is 10.4. The van der Waals surface area contributed by atoms with Crippen LogP contribution in [0.2, 0.25) is 0 Å². The number of imidazole rings is 1. The van der Waals surface area contributed by atoms with Crippen LogP contribution in [-0.4, -0.2) is 47.8 Å². The van der Waals surface area contributed by atoms with Gasteiger partial charge >= 0.3 is 5.69 Å². The first-order chi connectivity index (χ1) is 7.61. The summed E-state index contributed by atoms with van der Waals surface area (Å²) in [6, 6.07) is 0. The highest BCUT2D eigenvalue weighted by Crippen LogP contribution is 1.83. The number of hydrogen-bond donors (Lipinski definition) is 1. The maximum absolute atomic E-state index is 11.5. The van der Waals surface area contributed by atoms with Crippen LogP contribution >= 0.6 is 0 Å². The minimum absolute atomic E-state index is 0.0510. The molecule has 0 aromatic carbocycles. The fraction of sp³-hybridized carbons (Fsp3) is 0.727. The molecule has 0 saturated carbocycles. The smallest absolute Gasteiger partial charge is 0.315 e. The summed E-state index contributed by atoms with van der Waals surface area (Å²) in [5, 5.41) is 3.33. The number of aromatic nitrogens is 2. The molecule has 0 aliphatic heterocycles. The Hall–Kier alpha value is -1.07. The Bertz CT molecular complexity index is 353. The molecule has 1 N–H and O–H groups in total. The molecule has 0 radical (unpaired) electrons. The van der Waals surface area contributed by atoms with Crippen molar-refractivity contribution in [2.24, 2.45) is 7.05 Å². The van der Waals surface area contributed by atoms with Crippen LogP contribution in [0.1, 0.15) is 6.42 Å². The zero-order valence-corrected chi connectivity index (χ0v) is 10.4. The Kier molecular flexibility index (Phi) is 5.28.